The van der Waals surface area contributed by atoms with Crippen molar-refractivity contribution in [2.45, 2.75) is 6.42 Å². The lowest BCUT2D eigenvalue weighted by atomic mass is 10.2. The van der Waals surface area contributed by atoms with Crippen LogP contribution in [0.5, 0.6) is 0 Å². The second-order valence-corrected chi connectivity index (χ2v) is 3.60. The minimum Gasteiger partial charge on any atom is -0.341 e. The number of benzene rings is 1. The number of carbonyl (C=O) groups is 1. The second kappa shape index (κ2) is 3.50. The van der Waals surface area contributed by atoms with Gasteiger partial charge in [0.15, 0.2) is 0 Å². The number of fused-ring (bicyclic) bond motifs is 1. The minimum absolute atomic E-state index is 0.0778. The number of nitrogens with one attached hydrogen (secondary N) is 1. The van der Waals surface area contributed by atoms with Crippen molar-refractivity contribution in [1.82, 2.24) is 5.32 Å². The molecular formula is C10H11ClN2O. The Morgan fingerprint density at radius 2 is 2.36 bits per heavy atom. The van der Waals surface area contributed by atoms with Gasteiger partial charge in [0, 0.05) is 18.6 Å². The molecule has 1 heterocycles. The Labute approximate surface area is 87.7 Å². The van der Waals surface area contributed by atoms with Crippen molar-refractivity contribution in [3.63, 3.8) is 0 Å². The molecule has 74 valence electrons. The predicted molar refractivity (Wildman–Crippen MR) is 57.0 cm³/mol. The summed E-state index contributed by atoms with van der Waals surface area (Å²) in [4.78, 5) is 13.2. The van der Waals surface area contributed by atoms with Gasteiger partial charge in [-0.25, -0.2) is 4.79 Å². The standard InChI is InChI=1S/C10H11ClN2O/c1-12-10(14)13-6-5-7-8(11)3-2-4-9(7)13/h2-4H,5-6H2,1H3,(H,12,14). The fraction of sp³-hybridized carbons (Fsp3) is 0.300. The summed E-state index contributed by atoms with van der Waals surface area (Å²) in [6, 6.07) is 5.56. The van der Waals surface area contributed by atoms with Gasteiger partial charge in [0.1, 0.15) is 0 Å². The van der Waals surface area contributed by atoms with E-state index in [0.29, 0.717) is 6.54 Å². The average Bonchev–Trinajstić information content (AvgIpc) is 2.62. The van der Waals surface area contributed by atoms with Gasteiger partial charge in [-0.05, 0) is 24.1 Å². The van der Waals surface area contributed by atoms with E-state index in [9.17, 15) is 4.79 Å². The quantitative estimate of drug-likeness (QED) is 0.699. The van der Waals surface area contributed by atoms with Crippen LogP contribution in [0.4, 0.5) is 10.5 Å². The molecule has 0 fully saturated rings. The Kier molecular flexibility index (Phi) is 2.33. The summed E-state index contributed by atoms with van der Waals surface area (Å²) in [7, 11) is 1.63. The smallest absolute Gasteiger partial charge is 0.321 e. The molecule has 0 saturated heterocycles. The Morgan fingerprint density at radius 3 is 3.07 bits per heavy atom. The summed E-state index contributed by atoms with van der Waals surface area (Å²) in [5.41, 5.74) is 2.00. The normalized spacial score (nSPS) is 14.0. The van der Waals surface area contributed by atoms with Crippen molar-refractivity contribution in [3.8, 4) is 0 Å². The van der Waals surface area contributed by atoms with Crippen molar-refractivity contribution in [2.75, 3.05) is 18.5 Å². The first-order valence-electron chi connectivity index (χ1n) is 4.50. The highest BCUT2D eigenvalue weighted by Crippen LogP contribution is 2.32. The summed E-state index contributed by atoms with van der Waals surface area (Å²) < 4.78 is 0. The second-order valence-electron chi connectivity index (χ2n) is 3.19. The van der Waals surface area contributed by atoms with Crippen LogP contribution < -0.4 is 10.2 Å². The third-order valence-electron chi connectivity index (χ3n) is 2.43. The summed E-state index contributed by atoms with van der Waals surface area (Å²) >= 11 is 6.02. The summed E-state index contributed by atoms with van der Waals surface area (Å²) in [5, 5.41) is 3.36. The molecule has 0 bridgehead atoms. The third-order valence-corrected chi connectivity index (χ3v) is 2.78. The zero-order chi connectivity index (χ0) is 10.1. The minimum atomic E-state index is -0.0778. The molecule has 0 atom stereocenters. The van der Waals surface area contributed by atoms with Gasteiger partial charge in [0.2, 0.25) is 0 Å². The number of urea groups is 1. The number of amides is 2. The number of hydrogen-bond acceptors (Lipinski definition) is 1. The zero-order valence-electron chi connectivity index (χ0n) is 7.88. The summed E-state index contributed by atoms with van der Waals surface area (Å²) in [6.45, 7) is 0.707. The van der Waals surface area contributed by atoms with Gasteiger partial charge >= 0.3 is 6.03 Å². The van der Waals surface area contributed by atoms with E-state index in [-0.39, 0.29) is 6.03 Å². The maximum absolute atomic E-state index is 11.5. The lowest BCUT2D eigenvalue weighted by molar-refractivity contribution is 0.248. The van der Waals surface area contributed by atoms with E-state index in [1.54, 1.807) is 11.9 Å². The summed E-state index contributed by atoms with van der Waals surface area (Å²) in [5.74, 6) is 0. The van der Waals surface area contributed by atoms with Crippen molar-refractivity contribution in [1.29, 1.82) is 0 Å². The maximum atomic E-state index is 11.5. The molecule has 14 heavy (non-hydrogen) atoms. The predicted octanol–water partition coefficient (Wildman–Crippen LogP) is 2.04. The Balaban J connectivity index is 2.40. The van der Waals surface area contributed by atoms with Crippen LogP contribution in [0.15, 0.2) is 18.2 Å². The van der Waals surface area contributed by atoms with E-state index in [4.69, 9.17) is 11.6 Å². The number of hydrogen-bond donors (Lipinski definition) is 1. The van der Waals surface area contributed by atoms with Crippen LogP contribution in [0.3, 0.4) is 0 Å². The largest absolute Gasteiger partial charge is 0.341 e. The zero-order valence-corrected chi connectivity index (χ0v) is 8.64. The maximum Gasteiger partial charge on any atom is 0.321 e. The fourth-order valence-electron chi connectivity index (χ4n) is 1.74. The first-order chi connectivity index (χ1) is 6.74. The van der Waals surface area contributed by atoms with E-state index in [1.165, 1.54) is 0 Å². The molecule has 1 N–H and O–H groups in total. The van der Waals surface area contributed by atoms with Crippen molar-refractivity contribution >= 4 is 23.3 Å². The number of carbonyl (C=O) groups excluding carboxylic acids is 1. The Hall–Kier alpha value is -1.22. The van der Waals surface area contributed by atoms with E-state index >= 15 is 0 Å². The Bertz CT molecular complexity index is 378. The van der Waals surface area contributed by atoms with Gasteiger partial charge in [-0.15, -0.1) is 0 Å². The third kappa shape index (κ3) is 1.34. The van der Waals surface area contributed by atoms with Crippen molar-refractivity contribution < 1.29 is 4.79 Å². The van der Waals surface area contributed by atoms with Gasteiger partial charge in [0.05, 0.1) is 5.69 Å². The lowest BCUT2D eigenvalue weighted by Gasteiger charge is -2.16. The van der Waals surface area contributed by atoms with Gasteiger partial charge < -0.3 is 5.32 Å². The Morgan fingerprint density at radius 1 is 1.57 bits per heavy atom. The van der Waals surface area contributed by atoms with Gasteiger partial charge in [-0.3, -0.25) is 4.90 Å². The topological polar surface area (TPSA) is 32.3 Å². The first-order valence-corrected chi connectivity index (χ1v) is 4.88. The average molecular weight is 211 g/mol. The number of halogens is 1. The lowest BCUT2D eigenvalue weighted by Crippen LogP contribution is -2.36. The van der Waals surface area contributed by atoms with Gasteiger partial charge in [0.25, 0.3) is 0 Å². The van der Waals surface area contributed by atoms with E-state index < -0.39 is 0 Å². The molecule has 0 aromatic heterocycles. The molecule has 0 aliphatic carbocycles. The van der Waals surface area contributed by atoms with E-state index in [2.05, 4.69) is 5.32 Å². The van der Waals surface area contributed by atoms with Crippen LogP contribution in [0.1, 0.15) is 5.56 Å². The van der Waals surface area contributed by atoms with Crippen molar-refractivity contribution in [3.05, 3.63) is 28.8 Å². The van der Waals surface area contributed by atoms with E-state index in [0.717, 1.165) is 22.7 Å². The van der Waals surface area contributed by atoms with Crippen LogP contribution in [0.25, 0.3) is 0 Å². The molecule has 1 aliphatic rings. The summed E-state index contributed by atoms with van der Waals surface area (Å²) in [6.07, 6.45) is 0.836. The monoisotopic (exact) mass is 210 g/mol. The van der Waals surface area contributed by atoms with Crippen LogP contribution >= 0.6 is 11.6 Å². The number of rotatable bonds is 0. The van der Waals surface area contributed by atoms with Gasteiger partial charge in [-0.1, -0.05) is 17.7 Å². The first kappa shape index (κ1) is 9.34. The van der Waals surface area contributed by atoms with Crippen LogP contribution in [-0.2, 0) is 6.42 Å². The molecule has 4 heteroatoms. The van der Waals surface area contributed by atoms with Crippen molar-refractivity contribution in [2.24, 2.45) is 0 Å². The molecule has 2 rings (SSSR count). The molecule has 3 nitrogen and oxygen atoms in total. The highest BCUT2D eigenvalue weighted by molar-refractivity contribution is 6.32. The highest BCUT2D eigenvalue weighted by atomic mass is 35.5. The highest BCUT2D eigenvalue weighted by Gasteiger charge is 2.24. The molecule has 1 aliphatic heterocycles. The molecule has 1 aromatic rings. The molecule has 1 aromatic carbocycles. The molecule has 2 amide bonds. The number of anilines is 1. The molecule has 0 saturated carbocycles. The molecule has 0 unspecified atom stereocenters. The fourth-order valence-corrected chi connectivity index (χ4v) is 2.00. The van der Waals surface area contributed by atoms with Gasteiger partial charge in [-0.2, -0.15) is 0 Å². The molecule has 0 radical (unpaired) electrons. The van der Waals surface area contributed by atoms with Crippen LogP contribution in [0, 0.1) is 0 Å². The molecule has 0 spiro atoms. The van der Waals surface area contributed by atoms with E-state index in [1.807, 2.05) is 18.2 Å². The SMILES string of the molecule is CNC(=O)N1CCc2c(Cl)cccc21. The molecular weight excluding hydrogens is 200 g/mol. The van der Waals surface area contributed by atoms with Crippen LogP contribution in [0.2, 0.25) is 5.02 Å². The number of nitrogens with zero attached hydrogens (tertiary/aromatic N) is 1. The van der Waals surface area contributed by atoms with Crippen LogP contribution in [-0.4, -0.2) is 19.6 Å².